The number of anilines is 2. The number of ether oxygens (including phenoxy) is 1. The van der Waals surface area contributed by atoms with Crippen LogP contribution in [0.1, 0.15) is 31.4 Å². The van der Waals surface area contributed by atoms with E-state index in [0.29, 0.717) is 28.7 Å². The highest BCUT2D eigenvalue weighted by molar-refractivity contribution is 9.10. The molecule has 0 N–H and O–H groups in total. The maximum atomic E-state index is 9.43. The molecule has 0 spiro atoms. The fourth-order valence-corrected chi connectivity index (χ4v) is 3.77. The molecule has 0 fully saturated rings. The highest BCUT2D eigenvalue weighted by atomic mass is 79.9. The average Bonchev–Trinajstić information content (AvgIpc) is 3.16. The molecular weight excluding hydrogens is 420 g/mol. The summed E-state index contributed by atoms with van der Waals surface area (Å²) in [5.74, 6) is 1.32. The van der Waals surface area contributed by atoms with Crippen LogP contribution in [0.5, 0.6) is 5.75 Å². The Balaban J connectivity index is 1.73. The van der Waals surface area contributed by atoms with Crippen molar-refractivity contribution >= 4 is 27.6 Å². The summed E-state index contributed by atoms with van der Waals surface area (Å²) in [5.41, 5.74) is 3.41. The minimum atomic E-state index is -0.0805. The maximum absolute atomic E-state index is 9.43. The topological polar surface area (TPSA) is 75.2 Å². The predicted octanol–water partition coefficient (Wildman–Crippen LogP) is 5.24. The van der Waals surface area contributed by atoms with Gasteiger partial charge in [-0.05, 0) is 67.7 Å². The Morgan fingerprint density at radius 1 is 1.29 bits per heavy atom. The molecule has 0 atom stereocenters. The minimum Gasteiger partial charge on any atom is -0.489 e. The Labute approximate surface area is 171 Å². The van der Waals surface area contributed by atoms with E-state index in [4.69, 9.17) is 9.26 Å². The fraction of sp³-hybridized carbons (Fsp3) is 0.286. The Bertz CT molecular complexity index is 1050. The van der Waals surface area contributed by atoms with Crippen LogP contribution in [-0.2, 0) is 6.42 Å². The van der Waals surface area contributed by atoms with Crippen LogP contribution in [0, 0.1) is 11.3 Å². The molecular formula is C21H19BrN4O2. The van der Waals surface area contributed by atoms with Crippen molar-refractivity contribution in [2.24, 2.45) is 0 Å². The SMILES string of the molecule is CC(C)Oc1c(C#N)cccc1-c1nc(N2CCCc3cc(Br)ccc32)no1. The molecule has 0 bridgehead atoms. The van der Waals surface area contributed by atoms with Crippen molar-refractivity contribution in [1.82, 2.24) is 10.1 Å². The summed E-state index contributed by atoms with van der Waals surface area (Å²) < 4.78 is 12.5. The van der Waals surface area contributed by atoms with Gasteiger partial charge in [-0.2, -0.15) is 10.2 Å². The summed E-state index contributed by atoms with van der Waals surface area (Å²) >= 11 is 3.53. The molecule has 0 amide bonds. The first-order valence-corrected chi connectivity index (χ1v) is 9.96. The van der Waals surface area contributed by atoms with Crippen molar-refractivity contribution in [2.45, 2.75) is 32.8 Å². The Morgan fingerprint density at radius 3 is 2.93 bits per heavy atom. The zero-order chi connectivity index (χ0) is 19.7. The molecule has 0 aliphatic carbocycles. The van der Waals surface area contributed by atoms with Gasteiger partial charge in [-0.1, -0.05) is 22.0 Å². The van der Waals surface area contributed by atoms with Gasteiger partial charge in [0.25, 0.3) is 11.8 Å². The van der Waals surface area contributed by atoms with Crippen LogP contribution < -0.4 is 9.64 Å². The number of nitriles is 1. The van der Waals surface area contributed by atoms with Crippen LogP contribution in [0.3, 0.4) is 0 Å². The van der Waals surface area contributed by atoms with E-state index in [2.05, 4.69) is 49.2 Å². The van der Waals surface area contributed by atoms with Gasteiger partial charge in [-0.25, -0.2) is 0 Å². The minimum absolute atomic E-state index is 0.0805. The molecule has 0 saturated heterocycles. The second kappa shape index (κ2) is 7.64. The fourth-order valence-electron chi connectivity index (χ4n) is 3.36. The van der Waals surface area contributed by atoms with Gasteiger partial charge < -0.3 is 14.2 Å². The Kier molecular flexibility index (Phi) is 5.05. The summed E-state index contributed by atoms with van der Waals surface area (Å²) in [4.78, 5) is 6.68. The van der Waals surface area contributed by atoms with Gasteiger partial charge in [-0.3, -0.25) is 0 Å². The van der Waals surface area contributed by atoms with Crippen molar-refractivity contribution in [3.63, 3.8) is 0 Å². The van der Waals surface area contributed by atoms with Gasteiger partial charge >= 0.3 is 0 Å². The van der Waals surface area contributed by atoms with Crippen LogP contribution in [-0.4, -0.2) is 22.8 Å². The van der Waals surface area contributed by atoms with Crippen LogP contribution in [0.25, 0.3) is 11.5 Å². The molecule has 1 aromatic heterocycles. The highest BCUT2D eigenvalue weighted by Gasteiger charge is 2.24. The third-order valence-electron chi connectivity index (χ3n) is 4.54. The summed E-state index contributed by atoms with van der Waals surface area (Å²) in [5, 5.41) is 13.6. The molecule has 0 unspecified atom stereocenters. The van der Waals surface area contributed by atoms with Crippen LogP contribution in [0.4, 0.5) is 11.6 Å². The van der Waals surface area contributed by atoms with E-state index in [1.54, 1.807) is 12.1 Å². The number of halogens is 1. The van der Waals surface area contributed by atoms with E-state index in [0.717, 1.165) is 29.5 Å². The lowest BCUT2D eigenvalue weighted by atomic mass is 10.0. The van der Waals surface area contributed by atoms with Gasteiger partial charge in [0.1, 0.15) is 11.8 Å². The van der Waals surface area contributed by atoms with Crippen LogP contribution in [0.2, 0.25) is 0 Å². The van der Waals surface area contributed by atoms with Gasteiger partial charge in [0, 0.05) is 16.7 Å². The quantitative estimate of drug-likeness (QED) is 0.553. The van der Waals surface area contributed by atoms with E-state index < -0.39 is 0 Å². The van der Waals surface area contributed by atoms with E-state index in [1.807, 2.05) is 26.0 Å². The number of hydrogen-bond acceptors (Lipinski definition) is 6. The lowest BCUT2D eigenvalue weighted by Crippen LogP contribution is -2.25. The number of para-hydroxylation sites is 1. The number of benzene rings is 2. The van der Waals surface area contributed by atoms with Gasteiger partial charge in [-0.15, -0.1) is 0 Å². The highest BCUT2D eigenvalue weighted by Crippen LogP contribution is 2.37. The molecule has 6 nitrogen and oxygen atoms in total. The van der Waals surface area contributed by atoms with Gasteiger partial charge in [0.15, 0.2) is 0 Å². The van der Waals surface area contributed by atoms with Crippen molar-refractivity contribution in [1.29, 1.82) is 5.26 Å². The average molecular weight is 439 g/mol. The zero-order valence-corrected chi connectivity index (χ0v) is 17.2. The largest absolute Gasteiger partial charge is 0.489 e. The summed E-state index contributed by atoms with van der Waals surface area (Å²) in [6.07, 6.45) is 1.95. The van der Waals surface area contributed by atoms with Crippen molar-refractivity contribution in [3.8, 4) is 23.3 Å². The molecule has 0 saturated carbocycles. The normalized spacial score (nSPS) is 13.3. The summed E-state index contributed by atoms with van der Waals surface area (Å²) in [6.45, 7) is 4.65. The molecule has 2 aromatic carbocycles. The van der Waals surface area contributed by atoms with E-state index in [1.165, 1.54) is 5.56 Å². The second-order valence-corrected chi connectivity index (χ2v) is 7.80. The third-order valence-corrected chi connectivity index (χ3v) is 5.03. The first kappa shape index (κ1) is 18.5. The van der Waals surface area contributed by atoms with E-state index in [9.17, 15) is 5.26 Å². The standard InChI is InChI=1S/C21H19BrN4O2/c1-13(2)27-19-15(12-23)5-3-7-17(19)20-24-21(25-28-20)26-10-4-6-14-11-16(22)8-9-18(14)26/h3,5,7-9,11,13H,4,6,10H2,1-2H3. The molecule has 28 heavy (non-hydrogen) atoms. The molecule has 2 heterocycles. The number of nitrogens with zero attached hydrogens (tertiary/aromatic N) is 4. The first-order chi connectivity index (χ1) is 13.6. The van der Waals surface area contributed by atoms with Gasteiger partial charge in [0.2, 0.25) is 0 Å². The van der Waals surface area contributed by atoms with Crippen molar-refractivity contribution in [2.75, 3.05) is 11.4 Å². The smallest absolute Gasteiger partial charge is 0.270 e. The lowest BCUT2D eigenvalue weighted by molar-refractivity contribution is 0.242. The Morgan fingerprint density at radius 2 is 2.14 bits per heavy atom. The predicted molar refractivity (Wildman–Crippen MR) is 110 cm³/mol. The molecule has 3 aromatic rings. The molecule has 7 heteroatoms. The molecule has 1 aliphatic rings. The monoisotopic (exact) mass is 438 g/mol. The number of fused-ring (bicyclic) bond motifs is 1. The van der Waals surface area contributed by atoms with Crippen LogP contribution >= 0.6 is 15.9 Å². The number of aryl methyl sites for hydroxylation is 1. The summed E-state index contributed by atoms with van der Waals surface area (Å²) in [6, 6.07) is 13.7. The van der Waals surface area contributed by atoms with Crippen molar-refractivity contribution < 1.29 is 9.26 Å². The number of hydrogen-bond donors (Lipinski definition) is 0. The summed E-state index contributed by atoms with van der Waals surface area (Å²) in [7, 11) is 0. The molecule has 142 valence electrons. The second-order valence-electron chi connectivity index (χ2n) is 6.89. The Hall–Kier alpha value is -2.85. The zero-order valence-electron chi connectivity index (χ0n) is 15.6. The van der Waals surface area contributed by atoms with E-state index >= 15 is 0 Å². The van der Waals surface area contributed by atoms with Crippen LogP contribution in [0.15, 0.2) is 45.4 Å². The maximum Gasteiger partial charge on any atom is 0.270 e. The molecule has 0 radical (unpaired) electrons. The number of rotatable bonds is 4. The van der Waals surface area contributed by atoms with E-state index in [-0.39, 0.29) is 6.10 Å². The van der Waals surface area contributed by atoms with Crippen molar-refractivity contribution in [3.05, 3.63) is 52.0 Å². The number of aromatic nitrogens is 2. The molecule has 1 aliphatic heterocycles. The van der Waals surface area contributed by atoms with Gasteiger partial charge in [0.05, 0.1) is 17.2 Å². The third kappa shape index (κ3) is 3.48. The lowest BCUT2D eigenvalue weighted by Gasteiger charge is -2.28. The first-order valence-electron chi connectivity index (χ1n) is 9.16. The molecule has 4 rings (SSSR count).